The molecule has 5 nitrogen and oxygen atoms in total. The van der Waals surface area contributed by atoms with Gasteiger partial charge >= 0.3 is 6.18 Å². The minimum atomic E-state index is -4.47. The van der Waals surface area contributed by atoms with Gasteiger partial charge in [-0.2, -0.15) is 18.3 Å². The first-order valence-corrected chi connectivity index (χ1v) is 10.9. The minimum absolute atomic E-state index is 0.0203. The summed E-state index contributed by atoms with van der Waals surface area (Å²) in [5.74, 6) is 5.62. The van der Waals surface area contributed by atoms with E-state index in [2.05, 4.69) is 37.9 Å². The molecule has 3 heterocycles. The van der Waals surface area contributed by atoms with E-state index in [-0.39, 0.29) is 29.4 Å². The molecule has 0 saturated carbocycles. The zero-order valence-corrected chi connectivity index (χ0v) is 18.8. The van der Waals surface area contributed by atoms with Gasteiger partial charge in [-0.3, -0.25) is 14.5 Å². The smallest absolute Gasteiger partial charge is 0.305 e. The van der Waals surface area contributed by atoms with Crippen LogP contribution in [0.25, 0.3) is 0 Å². The summed E-state index contributed by atoms with van der Waals surface area (Å²) in [6.45, 7) is 4.06. The van der Waals surface area contributed by atoms with Gasteiger partial charge in [0.2, 0.25) is 0 Å². The van der Waals surface area contributed by atoms with Crippen molar-refractivity contribution < 1.29 is 18.0 Å². The van der Waals surface area contributed by atoms with Crippen molar-refractivity contribution in [3.8, 4) is 11.8 Å². The number of alkyl halides is 4. The predicted molar refractivity (Wildman–Crippen MR) is 118 cm³/mol. The molecule has 1 aliphatic heterocycles. The molecule has 0 saturated heterocycles. The van der Waals surface area contributed by atoms with Crippen molar-refractivity contribution in [2.24, 2.45) is 0 Å². The Hall–Kier alpha value is -3.12. The summed E-state index contributed by atoms with van der Waals surface area (Å²) >= 11 is 3.12. The maximum atomic E-state index is 13.3. The third kappa shape index (κ3) is 4.15. The van der Waals surface area contributed by atoms with Crippen LogP contribution in [0.2, 0.25) is 0 Å². The Morgan fingerprint density at radius 3 is 2.62 bits per heavy atom. The third-order valence-corrected chi connectivity index (χ3v) is 5.81. The number of halogens is 4. The molecular formula is C23H18BrF3N4O. The number of fused-ring (bicyclic) bond motifs is 1. The van der Waals surface area contributed by atoms with Gasteiger partial charge in [-0.25, -0.2) is 0 Å². The van der Waals surface area contributed by atoms with E-state index >= 15 is 0 Å². The van der Waals surface area contributed by atoms with Crippen molar-refractivity contribution >= 4 is 27.5 Å². The number of hydrogen-bond acceptors (Lipinski definition) is 3. The number of amides is 1. The number of pyridine rings is 1. The van der Waals surface area contributed by atoms with Gasteiger partial charge in [-0.05, 0) is 49.7 Å². The molecule has 0 spiro atoms. The molecule has 2 aromatic heterocycles. The van der Waals surface area contributed by atoms with Gasteiger partial charge in [0, 0.05) is 35.0 Å². The molecule has 3 aromatic rings. The van der Waals surface area contributed by atoms with E-state index in [0.29, 0.717) is 22.5 Å². The van der Waals surface area contributed by atoms with Gasteiger partial charge in [-0.15, -0.1) is 0 Å². The summed E-state index contributed by atoms with van der Waals surface area (Å²) in [4.78, 5) is 19.0. The highest BCUT2D eigenvalue weighted by Crippen LogP contribution is 2.36. The van der Waals surface area contributed by atoms with Gasteiger partial charge < -0.3 is 4.90 Å². The Balaban J connectivity index is 1.71. The number of benzene rings is 1. The second kappa shape index (κ2) is 8.43. The predicted octanol–water partition coefficient (Wildman–Crippen LogP) is 5.12. The second-order valence-corrected chi connectivity index (χ2v) is 8.09. The fraction of sp³-hybridized carbons (Fsp3) is 0.261. The number of carbonyl (C=O) groups is 1. The van der Waals surface area contributed by atoms with Crippen LogP contribution in [-0.4, -0.2) is 27.2 Å². The summed E-state index contributed by atoms with van der Waals surface area (Å²) in [7, 11) is 0. The van der Waals surface area contributed by atoms with E-state index in [1.54, 1.807) is 17.1 Å². The quantitative estimate of drug-likeness (QED) is 0.361. The number of anilines is 1. The van der Waals surface area contributed by atoms with Crippen molar-refractivity contribution in [1.29, 1.82) is 0 Å². The lowest BCUT2D eigenvalue weighted by molar-refractivity contribution is -0.138. The largest absolute Gasteiger partial charge is 0.416 e. The van der Waals surface area contributed by atoms with E-state index in [4.69, 9.17) is 0 Å². The molecule has 1 aromatic carbocycles. The van der Waals surface area contributed by atoms with Crippen LogP contribution in [0.5, 0.6) is 0 Å². The van der Waals surface area contributed by atoms with Gasteiger partial charge in [0.1, 0.15) is 5.69 Å². The van der Waals surface area contributed by atoms with Crippen LogP contribution in [0.1, 0.15) is 51.4 Å². The second-order valence-electron chi connectivity index (χ2n) is 7.53. The number of aryl methyl sites for hydroxylation is 1. The van der Waals surface area contributed by atoms with Crippen LogP contribution < -0.4 is 4.90 Å². The first kappa shape index (κ1) is 22.1. The summed E-state index contributed by atoms with van der Waals surface area (Å²) in [6, 6.07) is 7.26. The fourth-order valence-corrected chi connectivity index (χ4v) is 4.06. The average molecular weight is 503 g/mol. The SMILES string of the molecule is Cc1ccc(C#Cc2cnn3c2C(=O)N(c2ccc(C(F)(F)F)c(CBr)c2)C[C@@H]3C)cn1. The van der Waals surface area contributed by atoms with Crippen molar-refractivity contribution in [2.45, 2.75) is 31.4 Å². The third-order valence-electron chi connectivity index (χ3n) is 5.21. The molecule has 9 heteroatoms. The lowest BCUT2D eigenvalue weighted by Crippen LogP contribution is -2.43. The van der Waals surface area contributed by atoms with Crippen LogP contribution in [0.3, 0.4) is 0 Å². The molecule has 1 amide bonds. The Morgan fingerprint density at radius 1 is 1.19 bits per heavy atom. The maximum Gasteiger partial charge on any atom is 0.416 e. The topological polar surface area (TPSA) is 51.0 Å². The number of rotatable bonds is 2. The molecule has 0 unspecified atom stereocenters. The molecule has 0 bridgehead atoms. The lowest BCUT2D eigenvalue weighted by atomic mass is 10.0. The highest BCUT2D eigenvalue weighted by atomic mass is 79.9. The highest BCUT2D eigenvalue weighted by Gasteiger charge is 2.36. The van der Waals surface area contributed by atoms with E-state index in [0.717, 1.165) is 11.8 Å². The molecule has 0 N–H and O–H groups in total. The number of carbonyl (C=O) groups excluding carboxylic acids is 1. The van der Waals surface area contributed by atoms with Crippen molar-refractivity contribution in [3.05, 3.63) is 76.4 Å². The molecular weight excluding hydrogens is 485 g/mol. The minimum Gasteiger partial charge on any atom is -0.305 e. The summed E-state index contributed by atoms with van der Waals surface area (Å²) in [5, 5.41) is 4.34. The van der Waals surface area contributed by atoms with Gasteiger partial charge in [0.05, 0.1) is 23.4 Å². The fourth-order valence-electron chi connectivity index (χ4n) is 3.59. The molecule has 1 atom stereocenters. The van der Waals surface area contributed by atoms with Crippen LogP contribution in [0.4, 0.5) is 18.9 Å². The monoisotopic (exact) mass is 502 g/mol. The molecule has 0 fully saturated rings. The first-order chi connectivity index (χ1) is 15.2. The van der Waals surface area contributed by atoms with Crippen LogP contribution >= 0.6 is 15.9 Å². The number of nitrogens with zero attached hydrogens (tertiary/aromatic N) is 4. The zero-order valence-electron chi connectivity index (χ0n) is 17.2. The van der Waals surface area contributed by atoms with E-state index < -0.39 is 11.7 Å². The Labute approximate surface area is 191 Å². The Bertz CT molecular complexity index is 1240. The molecule has 164 valence electrons. The zero-order chi connectivity index (χ0) is 23.0. The van der Waals surface area contributed by atoms with Crippen molar-refractivity contribution in [3.63, 3.8) is 0 Å². The maximum absolute atomic E-state index is 13.3. The van der Waals surface area contributed by atoms with E-state index in [9.17, 15) is 18.0 Å². The summed E-state index contributed by atoms with van der Waals surface area (Å²) in [6.07, 6.45) is -1.27. The van der Waals surface area contributed by atoms with E-state index in [1.807, 2.05) is 26.0 Å². The standard InChI is InChI=1S/C23H18BrF3N4O/c1-14-3-4-16(11-28-14)5-6-17-12-29-31-15(2)13-30(22(32)21(17)31)19-7-8-20(23(25,26)27)18(9-19)10-24/h3-4,7-9,11-12,15H,10,13H2,1-2H3/t15-/m0/s1. The first-order valence-electron chi connectivity index (χ1n) is 9.79. The molecule has 32 heavy (non-hydrogen) atoms. The van der Waals surface area contributed by atoms with E-state index in [1.165, 1.54) is 17.0 Å². The van der Waals surface area contributed by atoms with Crippen molar-refractivity contribution in [2.75, 3.05) is 11.4 Å². The van der Waals surface area contributed by atoms with Crippen molar-refractivity contribution in [1.82, 2.24) is 14.8 Å². The van der Waals surface area contributed by atoms with Crippen LogP contribution in [0.15, 0.2) is 42.7 Å². The van der Waals surface area contributed by atoms with Crippen LogP contribution in [-0.2, 0) is 11.5 Å². The summed E-state index contributed by atoms with van der Waals surface area (Å²) in [5.41, 5.74) is 2.10. The normalized spacial score (nSPS) is 15.9. The van der Waals surface area contributed by atoms with Gasteiger partial charge in [-0.1, -0.05) is 27.8 Å². The highest BCUT2D eigenvalue weighted by molar-refractivity contribution is 9.08. The number of aromatic nitrogens is 3. The van der Waals surface area contributed by atoms with Crippen LogP contribution in [0, 0.1) is 18.8 Å². The molecule has 4 rings (SSSR count). The summed E-state index contributed by atoms with van der Waals surface area (Å²) < 4.78 is 41.4. The molecule has 1 aliphatic rings. The lowest BCUT2D eigenvalue weighted by Gasteiger charge is -2.32. The Morgan fingerprint density at radius 2 is 1.97 bits per heavy atom. The number of hydrogen-bond donors (Lipinski definition) is 0. The van der Waals surface area contributed by atoms with Gasteiger partial charge in [0.15, 0.2) is 0 Å². The molecule has 0 aliphatic carbocycles. The van der Waals surface area contributed by atoms with Gasteiger partial charge in [0.25, 0.3) is 5.91 Å². The average Bonchev–Trinajstić information content (AvgIpc) is 3.20. The molecule has 0 radical (unpaired) electrons. The Kier molecular flexibility index (Phi) is 5.82.